The SMILES string of the molecule is CCOc1ccc([C@@H]2CCCCN2C(=O)OC(C)(C)C)cn1. The Morgan fingerprint density at radius 2 is 2.14 bits per heavy atom. The molecule has 1 aliphatic heterocycles. The van der Waals surface area contributed by atoms with Gasteiger partial charge >= 0.3 is 6.09 Å². The molecule has 0 N–H and O–H groups in total. The highest BCUT2D eigenvalue weighted by molar-refractivity contribution is 5.69. The molecule has 1 aliphatic rings. The molecule has 2 rings (SSSR count). The van der Waals surface area contributed by atoms with Gasteiger partial charge in [-0.3, -0.25) is 0 Å². The van der Waals surface area contributed by atoms with Crippen molar-refractivity contribution < 1.29 is 14.3 Å². The molecule has 22 heavy (non-hydrogen) atoms. The van der Waals surface area contributed by atoms with Gasteiger partial charge in [-0.15, -0.1) is 0 Å². The van der Waals surface area contributed by atoms with Gasteiger partial charge < -0.3 is 14.4 Å². The lowest BCUT2D eigenvalue weighted by Gasteiger charge is -2.36. The molecule has 5 heteroatoms. The number of hydrogen-bond donors (Lipinski definition) is 0. The smallest absolute Gasteiger partial charge is 0.410 e. The van der Waals surface area contributed by atoms with Crippen LogP contribution in [0.3, 0.4) is 0 Å². The summed E-state index contributed by atoms with van der Waals surface area (Å²) in [6, 6.07) is 3.89. The number of amides is 1. The molecule has 0 radical (unpaired) electrons. The molecule has 0 bridgehead atoms. The molecule has 0 aliphatic carbocycles. The molecule has 0 unspecified atom stereocenters. The van der Waals surface area contributed by atoms with E-state index in [0.29, 0.717) is 12.5 Å². The Kier molecular flexibility index (Phi) is 5.27. The summed E-state index contributed by atoms with van der Waals surface area (Å²) < 4.78 is 10.9. The number of carbonyl (C=O) groups is 1. The van der Waals surface area contributed by atoms with E-state index in [1.165, 1.54) is 0 Å². The van der Waals surface area contributed by atoms with Crippen LogP contribution in [0.4, 0.5) is 4.79 Å². The number of likely N-dealkylation sites (tertiary alicyclic amines) is 1. The van der Waals surface area contributed by atoms with Crippen LogP contribution in [0.2, 0.25) is 0 Å². The Morgan fingerprint density at radius 1 is 1.36 bits per heavy atom. The van der Waals surface area contributed by atoms with E-state index in [9.17, 15) is 4.79 Å². The van der Waals surface area contributed by atoms with E-state index in [1.54, 1.807) is 6.20 Å². The zero-order valence-corrected chi connectivity index (χ0v) is 14.0. The van der Waals surface area contributed by atoms with Crippen LogP contribution in [0.1, 0.15) is 58.6 Å². The van der Waals surface area contributed by atoms with Crippen LogP contribution in [0, 0.1) is 0 Å². The van der Waals surface area contributed by atoms with Crippen molar-refractivity contribution in [2.45, 2.75) is 58.6 Å². The molecule has 0 spiro atoms. The van der Waals surface area contributed by atoms with Crippen molar-refractivity contribution >= 4 is 6.09 Å². The summed E-state index contributed by atoms with van der Waals surface area (Å²) in [5.41, 5.74) is 0.560. The van der Waals surface area contributed by atoms with Crippen molar-refractivity contribution in [2.24, 2.45) is 0 Å². The van der Waals surface area contributed by atoms with Gasteiger partial charge in [0, 0.05) is 18.8 Å². The summed E-state index contributed by atoms with van der Waals surface area (Å²) in [7, 11) is 0. The van der Waals surface area contributed by atoms with Crippen molar-refractivity contribution in [1.29, 1.82) is 0 Å². The van der Waals surface area contributed by atoms with Crippen molar-refractivity contribution in [2.75, 3.05) is 13.2 Å². The molecule has 2 heterocycles. The minimum Gasteiger partial charge on any atom is -0.478 e. The van der Waals surface area contributed by atoms with Crippen molar-refractivity contribution in [3.05, 3.63) is 23.9 Å². The van der Waals surface area contributed by atoms with E-state index in [-0.39, 0.29) is 12.1 Å². The third-order valence-corrected chi connectivity index (χ3v) is 3.57. The third-order valence-electron chi connectivity index (χ3n) is 3.57. The summed E-state index contributed by atoms with van der Waals surface area (Å²) >= 11 is 0. The molecule has 0 aromatic carbocycles. The van der Waals surface area contributed by atoms with E-state index in [2.05, 4.69) is 4.98 Å². The lowest BCUT2D eigenvalue weighted by molar-refractivity contribution is 0.00948. The Balaban J connectivity index is 2.13. The molecule has 122 valence electrons. The maximum absolute atomic E-state index is 12.4. The highest BCUT2D eigenvalue weighted by Gasteiger charge is 2.31. The van der Waals surface area contributed by atoms with E-state index < -0.39 is 5.60 Å². The fourth-order valence-corrected chi connectivity index (χ4v) is 2.64. The highest BCUT2D eigenvalue weighted by atomic mass is 16.6. The number of carbonyl (C=O) groups excluding carboxylic acids is 1. The van der Waals surface area contributed by atoms with Gasteiger partial charge in [-0.25, -0.2) is 9.78 Å². The van der Waals surface area contributed by atoms with Crippen LogP contribution in [-0.2, 0) is 4.74 Å². The van der Waals surface area contributed by atoms with Crippen molar-refractivity contribution in [3.63, 3.8) is 0 Å². The van der Waals surface area contributed by atoms with Crippen LogP contribution in [0.25, 0.3) is 0 Å². The lowest BCUT2D eigenvalue weighted by Crippen LogP contribution is -2.41. The van der Waals surface area contributed by atoms with E-state index in [1.807, 2.05) is 44.7 Å². The number of piperidine rings is 1. The maximum Gasteiger partial charge on any atom is 0.410 e. The van der Waals surface area contributed by atoms with Gasteiger partial charge in [-0.05, 0) is 52.5 Å². The van der Waals surface area contributed by atoms with Gasteiger partial charge in [0.15, 0.2) is 0 Å². The topological polar surface area (TPSA) is 51.7 Å². The van der Waals surface area contributed by atoms with Crippen molar-refractivity contribution in [3.8, 4) is 5.88 Å². The molecule has 1 amide bonds. The predicted molar refractivity (Wildman–Crippen MR) is 84.9 cm³/mol. The molecule has 1 aromatic rings. The monoisotopic (exact) mass is 306 g/mol. The second-order valence-corrected chi connectivity index (χ2v) is 6.55. The van der Waals surface area contributed by atoms with Gasteiger partial charge in [-0.1, -0.05) is 6.07 Å². The van der Waals surface area contributed by atoms with Gasteiger partial charge in [0.1, 0.15) is 5.60 Å². The van der Waals surface area contributed by atoms with Crippen molar-refractivity contribution in [1.82, 2.24) is 9.88 Å². The Bertz CT molecular complexity index is 494. The van der Waals surface area contributed by atoms with E-state index in [0.717, 1.165) is 31.4 Å². The molecule has 1 fully saturated rings. The normalized spacial score (nSPS) is 18.9. The number of hydrogen-bond acceptors (Lipinski definition) is 4. The van der Waals surface area contributed by atoms with Crippen LogP contribution in [-0.4, -0.2) is 34.7 Å². The minimum absolute atomic E-state index is 0.0341. The predicted octanol–water partition coefficient (Wildman–Crippen LogP) is 3.94. The number of pyridine rings is 1. The zero-order chi connectivity index (χ0) is 16.2. The largest absolute Gasteiger partial charge is 0.478 e. The first-order chi connectivity index (χ1) is 10.4. The average molecular weight is 306 g/mol. The Labute approximate surface area is 132 Å². The fourth-order valence-electron chi connectivity index (χ4n) is 2.64. The summed E-state index contributed by atoms with van der Waals surface area (Å²) in [4.78, 5) is 18.6. The molecule has 0 saturated carbocycles. The second kappa shape index (κ2) is 6.99. The van der Waals surface area contributed by atoms with Crippen LogP contribution in [0.15, 0.2) is 18.3 Å². The van der Waals surface area contributed by atoms with Gasteiger partial charge in [0.25, 0.3) is 0 Å². The first-order valence-electron chi connectivity index (χ1n) is 7.99. The molecule has 5 nitrogen and oxygen atoms in total. The fraction of sp³-hybridized carbons (Fsp3) is 0.647. The standard InChI is InChI=1S/C17H26N2O3/c1-5-21-15-10-9-13(12-18-15)14-8-6-7-11-19(14)16(20)22-17(2,3)4/h9-10,12,14H,5-8,11H2,1-4H3/t14-/m0/s1. The van der Waals surface area contributed by atoms with Crippen LogP contribution in [0.5, 0.6) is 5.88 Å². The number of aromatic nitrogens is 1. The molecule has 1 atom stereocenters. The Hall–Kier alpha value is -1.78. The van der Waals surface area contributed by atoms with E-state index in [4.69, 9.17) is 9.47 Å². The summed E-state index contributed by atoms with van der Waals surface area (Å²) in [6.07, 6.45) is 4.62. The van der Waals surface area contributed by atoms with Gasteiger partial charge in [-0.2, -0.15) is 0 Å². The molecular weight excluding hydrogens is 280 g/mol. The van der Waals surface area contributed by atoms with E-state index >= 15 is 0 Å². The minimum atomic E-state index is -0.476. The number of rotatable bonds is 3. The first-order valence-corrected chi connectivity index (χ1v) is 7.99. The maximum atomic E-state index is 12.4. The third kappa shape index (κ3) is 4.36. The van der Waals surface area contributed by atoms with Gasteiger partial charge in [0.2, 0.25) is 5.88 Å². The number of ether oxygens (including phenoxy) is 2. The average Bonchev–Trinajstić information content (AvgIpc) is 2.47. The summed E-state index contributed by atoms with van der Waals surface area (Å²) in [5.74, 6) is 0.617. The van der Waals surface area contributed by atoms with Crippen LogP contribution < -0.4 is 4.74 Å². The second-order valence-electron chi connectivity index (χ2n) is 6.55. The molecule has 1 aromatic heterocycles. The highest BCUT2D eigenvalue weighted by Crippen LogP contribution is 2.32. The van der Waals surface area contributed by atoms with Gasteiger partial charge in [0.05, 0.1) is 12.6 Å². The first kappa shape index (κ1) is 16.6. The van der Waals surface area contributed by atoms with Crippen LogP contribution >= 0.6 is 0 Å². The lowest BCUT2D eigenvalue weighted by atomic mass is 9.97. The summed E-state index contributed by atoms with van der Waals surface area (Å²) in [5, 5.41) is 0. The quantitative estimate of drug-likeness (QED) is 0.848. The number of nitrogens with zero attached hydrogens (tertiary/aromatic N) is 2. The zero-order valence-electron chi connectivity index (χ0n) is 14.0. The summed E-state index contributed by atoms with van der Waals surface area (Å²) in [6.45, 7) is 8.93. The Morgan fingerprint density at radius 3 is 2.73 bits per heavy atom. The molecular formula is C17H26N2O3. The molecule has 1 saturated heterocycles.